The minimum Gasteiger partial charge on any atom is -0.464 e. The molecule has 6 heteroatoms. The van der Waals surface area contributed by atoms with Gasteiger partial charge in [-0.15, -0.1) is 0 Å². The van der Waals surface area contributed by atoms with E-state index < -0.39 is 18.2 Å². The van der Waals surface area contributed by atoms with Crippen LogP contribution in [0.3, 0.4) is 0 Å². The second kappa shape index (κ2) is 5.44. The number of aliphatic imine (C=N–C) groups is 1. The van der Waals surface area contributed by atoms with E-state index in [2.05, 4.69) is 9.98 Å². The van der Waals surface area contributed by atoms with Gasteiger partial charge < -0.3 is 4.74 Å². The molecule has 0 amide bonds. The molecule has 0 N–H and O–H groups in total. The van der Waals surface area contributed by atoms with Crippen LogP contribution in [0, 0.1) is 0 Å². The van der Waals surface area contributed by atoms with Crippen LogP contribution in [0.25, 0.3) is 0 Å². The van der Waals surface area contributed by atoms with Crippen molar-refractivity contribution in [1.82, 2.24) is 4.98 Å². The number of nitrogens with zero attached hydrogens (tertiary/aromatic N) is 2. The summed E-state index contributed by atoms with van der Waals surface area (Å²) in [6.07, 6.45) is -2.33. The van der Waals surface area contributed by atoms with Crippen molar-refractivity contribution in [3.05, 3.63) is 66.0 Å². The fourth-order valence-corrected chi connectivity index (χ4v) is 2.50. The maximum atomic E-state index is 13.0. The van der Waals surface area contributed by atoms with Crippen LogP contribution < -0.4 is 0 Å². The van der Waals surface area contributed by atoms with Gasteiger partial charge in [-0.2, -0.15) is 13.2 Å². The largest absolute Gasteiger partial charge is 0.464 e. The number of benzene rings is 1. The van der Waals surface area contributed by atoms with Crippen molar-refractivity contribution >= 4 is 5.90 Å². The molecule has 22 heavy (non-hydrogen) atoms. The Morgan fingerprint density at radius 3 is 2.50 bits per heavy atom. The predicted molar refractivity (Wildman–Crippen MR) is 75.5 cm³/mol. The molecule has 1 atom stereocenters. The zero-order valence-corrected chi connectivity index (χ0v) is 11.5. The van der Waals surface area contributed by atoms with Crippen LogP contribution in [-0.2, 0) is 10.3 Å². The molecule has 0 bridgehead atoms. The van der Waals surface area contributed by atoms with Crippen molar-refractivity contribution in [2.24, 2.45) is 4.99 Å². The topological polar surface area (TPSA) is 34.5 Å². The molecule has 0 fully saturated rings. The van der Waals surface area contributed by atoms with Gasteiger partial charge in [0.15, 0.2) is 5.60 Å². The van der Waals surface area contributed by atoms with E-state index in [4.69, 9.17) is 4.74 Å². The second-order valence-electron chi connectivity index (χ2n) is 5.12. The fourth-order valence-electron chi connectivity index (χ4n) is 2.50. The molecular formula is C16H13F3N2O. The molecular weight excluding hydrogens is 293 g/mol. The highest BCUT2D eigenvalue weighted by Crippen LogP contribution is 2.41. The van der Waals surface area contributed by atoms with Gasteiger partial charge in [0, 0.05) is 12.4 Å². The number of pyridine rings is 1. The highest BCUT2D eigenvalue weighted by Gasteiger charge is 2.48. The van der Waals surface area contributed by atoms with Gasteiger partial charge in [-0.25, -0.2) is 4.99 Å². The van der Waals surface area contributed by atoms with E-state index in [-0.39, 0.29) is 12.4 Å². The molecule has 0 saturated heterocycles. The Morgan fingerprint density at radius 1 is 1.09 bits per heavy atom. The van der Waals surface area contributed by atoms with Crippen molar-refractivity contribution in [2.45, 2.75) is 18.2 Å². The van der Waals surface area contributed by atoms with E-state index in [1.54, 1.807) is 48.7 Å². The van der Waals surface area contributed by atoms with E-state index in [1.165, 1.54) is 6.20 Å². The summed E-state index contributed by atoms with van der Waals surface area (Å²) in [5.74, 6) is 0.196. The van der Waals surface area contributed by atoms with Gasteiger partial charge in [-0.05, 0) is 17.7 Å². The minimum atomic E-state index is -4.35. The van der Waals surface area contributed by atoms with Gasteiger partial charge in [0.1, 0.15) is 0 Å². The number of ether oxygens (including phenoxy) is 1. The molecule has 3 rings (SSSR count). The Hall–Kier alpha value is -2.37. The quantitative estimate of drug-likeness (QED) is 0.866. The number of rotatable bonds is 3. The molecule has 114 valence electrons. The molecule has 3 nitrogen and oxygen atoms in total. The molecule has 1 unspecified atom stereocenters. The molecule has 1 aromatic heterocycles. The summed E-state index contributed by atoms with van der Waals surface area (Å²) in [6, 6.07) is 11.8. The number of aromatic nitrogens is 1. The average molecular weight is 306 g/mol. The molecule has 2 aromatic rings. The zero-order chi connectivity index (χ0) is 15.6. The summed E-state index contributed by atoms with van der Waals surface area (Å²) in [5.41, 5.74) is -0.470. The van der Waals surface area contributed by atoms with Crippen molar-refractivity contribution < 1.29 is 17.9 Å². The summed E-state index contributed by atoms with van der Waals surface area (Å²) in [6.45, 7) is -0.0687. The highest BCUT2D eigenvalue weighted by molar-refractivity contribution is 5.95. The van der Waals surface area contributed by atoms with Gasteiger partial charge in [0.05, 0.1) is 18.5 Å². The maximum Gasteiger partial charge on any atom is 0.393 e. The number of hydrogen-bond donors (Lipinski definition) is 0. The lowest BCUT2D eigenvalue weighted by Crippen LogP contribution is -2.36. The number of hydrogen-bond acceptors (Lipinski definition) is 3. The van der Waals surface area contributed by atoms with Gasteiger partial charge in [0.2, 0.25) is 5.90 Å². The van der Waals surface area contributed by atoms with Gasteiger partial charge in [-0.1, -0.05) is 30.3 Å². The predicted octanol–water partition coefficient (Wildman–Crippen LogP) is 3.71. The van der Waals surface area contributed by atoms with Crippen molar-refractivity contribution in [2.75, 3.05) is 6.54 Å². The highest BCUT2D eigenvalue weighted by atomic mass is 19.4. The summed E-state index contributed by atoms with van der Waals surface area (Å²) in [5, 5.41) is 0. The molecule has 1 aromatic carbocycles. The molecule has 0 spiro atoms. The Balaban J connectivity index is 1.94. The van der Waals surface area contributed by atoms with Crippen LogP contribution in [0.1, 0.15) is 17.5 Å². The Labute approximate surface area is 125 Å². The first kappa shape index (κ1) is 14.6. The molecule has 1 aliphatic heterocycles. The second-order valence-corrected chi connectivity index (χ2v) is 5.12. The van der Waals surface area contributed by atoms with Gasteiger partial charge >= 0.3 is 6.18 Å². The Morgan fingerprint density at radius 2 is 1.86 bits per heavy atom. The Kier molecular flexibility index (Phi) is 3.60. The van der Waals surface area contributed by atoms with Crippen molar-refractivity contribution in [3.8, 4) is 0 Å². The van der Waals surface area contributed by atoms with Crippen LogP contribution in [0.2, 0.25) is 0 Å². The third-order valence-corrected chi connectivity index (χ3v) is 3.46. The molecule has 0 saturated carbocycles. The van der Waals surface area contributed by atoms with Crippen LogP contribution in [0.15, 0.2) is 59.9 Å². The first-order chi connectivity index (χ1) is 10.5. The van der Waals surface area contributed by atoms with Crippen molar-refractivity contribution in [3.63, 3.8) is 0 Å². The molecule has 1 aliphatic rings. The maximum absolute atomic E-state index is 13.0. The van der Waals surface area contributed by atoms with Crippen LogP contribution in [0.4, 0.5) is 13.2 Å². The van der Waals surface area contributed by atoms with Crippen LogP contribution >= 0.6 is 0 Å². The van der Waals surface area contributed by atoms with E-state index in [0.717, 1.165) is 0 Å². The first-order valence-corrected chi connectivity index (χ1v) is 6.75. The SMILES string of the molecule is FC(F)(F)CC1(c2ccccc2)CN=C(c2cccnc2)O1. The zero-order valence-electron chi connectivity index (χ0n) is 11.5. The van der Waals surface area contributed by atoms with E-state index in [1.807, 2.05) is 0 Å². The van der Waals surface area contributed by atoms with Crippen LogP contribution in [0.5, 0.6) is 0 Å². The summed E-state index contributed by atoms with van der Waals surface area (Å²) in [7, 11) is 0. The number of halogens is 3. The lowest BCUT2D eigenvalue weighted by atomic mass is 9.90. The fraction of sp³-hybridized carbons (Fsp3) is 0.250. The third-order valence-electron chi connectivity index (χ3n) is 3.46. The smallest absolute Gasteiger partial charge is 0.393 e. The van der Waals surface area contributed by atoms with E-state index in [9.17, 15) is 13.2 Å². The summed E-state index contributed by atoms with van der Waals surface area (Å²) >= 11 is 0. The third kappa shape index (κ3) is 2.95. The molecule has 2 heterocycles. The normalized spacial score (nSPS) is 21.3. The summed E-state index contributed by atoms with van der Waals surface area (Å²) < 4.78 is 44.8. The van der Waals surface area contributed by atoms with Gasteiger partial charge in [-0.3, -0.25) is 4.98 Å². The standard InChI is InChI=1S/C16H13F3N2O/c17-16(18,19)10-15(13-6-2-1-3-7-13)11-21-14(22-15)12-5-4-8-20-9-12/h1-9H,10-11H2. The Bertz CT molecular complexity index is 671. The average Bonchev–Trinajstić information content (AvgIpc) is 2.92. The summed E-state index contributed by atoms with van der Waals surface area (Å²) in [4.78, 5) is 8.12. The number of alkyl halides is 3. The molecule has 0 aliphatic carbocycles. The van der Waals surface area contributed by atoms with E-state index >= 15 is 0 Å². The monoisotopic (exact) mass is 306 g/mol. The van der Waals surface area contributed by atoms with E-state index in [0.29, 0.717) is 11.1 Å². The minimum absolute atomic E-state index is 0.0687. The first-order valence-electron chi connectivity index (χ1n) is 6.75. The lowest BCUT2D eigenvalue weighted by Gasteiger charge is -2.29. The molecule has 0 radical (unpaired) electrons. The van der Waals surface area contributed by atoms with Gasteiger partial charge in [0.25, 0.3) is 0 Å². The van der Waals surface area contributed by atoms with Crippen LogP contribution in [-0.4, -0.2) is 23.6 Å². The van der Waals surface area contributed by atoms with Crippen molar-refractivity contribution in [1.29, 1.82) is 0 Å². The lowest BCUT2D eigenvalue weighted by molar-refractivity contribution is -0.170.